The number of fused-ring (bicyclic) bond motifs is 1. The van der Waals surface area contributed by atoms with Crippen LogP contribution in [-0.2, 0) is 20.1 Å². The molecule has 2 aromatic carbocycles. The maximum Gasteiger partial charge on any atom is 0.123 e. The van der Waals surface area contributed by atoms with Crippen LogP contribution in [0.3, 0.4) is 0 Å². The molecule has 1 aliphatic heterocycles. The maximum absolute atomic E-state index is 5.51. The third kappa shape index (κ3) is 4.30. The fourth-order valence-electron chi connectivity index (χ4n) is 3.89. The van der Waals surface area contributed by atoms with Crippen LogP contribution in [0.1, 0.15) is 37.6 Å². The highest BCUT2D eigenvalue weighted by atomic mass is 16.5. The van der Waals surface area contributed by atoms with Gasteiger partial charge in [-0.15, -0.1) is 0 Å². The third-order valence-corrected chi connectivity index (χ3v) is 5.52. The average molecular weight is 379 g/mol. The smallest absolute Gasteiger partial charge is 0.123 e. The highest BCUT2D eigenvalue weighted by molar-refractivity contribution is 5.80. The normalized spacial score (nSPS) is 15.1. The number of anilines is 1. The van der Waals surface area contributed by atoms with Crippen molar-refractivity contribution in [2.45, 2.75) is 39.3 Å². The SMILES string of the molecule is CCOc1ccc(CNc2ccc3c(c2)nc(CN2CCCCC2)n3C)cc1. The molecule has 4 rings (SSSR count). The molecule has 1 fully saturated rings. The van der Waals surface area contributed by atoms with E-state index in [1.807, 2.05) is 19.1 Å². The van der Waals surface area contributed by atoms with E-state index < -0.39 is 0 Å². The summed E-state index contributed by atoms with van der Waals surface area (Å²) in [4.78, 5) is 7.44. The summed E-state index contributed by atoms with van der Waals surface area (Å²) in [5.74, 6) is 2.07. The van der Waals surface area contributed by atoms with Crippen LogP contribution in [-0.4, -0.2) is 34.1 Å². The number of benzene rings is 2. The van der Waals surface area contributed by atoms with Crippen molar-refractivity contribution >= 4 is 16.7 Å². The van der Waals surface area contributed by atoms with Crippen LogP contribution in [0.25, 0.3) is 11.0 Å². The number of hydrogen-bond donors (Lipinski definition) is 1. The van der Waals surface area contributed by atoms with Crippen LogP contribution in [0.4, 0.5) is 5.69 Å². The molecule has 5 heteroatoms. The number of ether oxygens (including phenoxy) is 1. The Morgan fingerprint density at radius 2 is 1.82 bits per heavy atom. The van der Waals surface area contributed by atoms with Gasteiger partial charge in [-0.3, -0.25) is 4.90 Å². The van der Waals surface area contributed by atoms with Gasteiger partial charge in [0, 0.05) is 19.3 Å². The Hall–Kier alpha value is -2.53. The summed E-state index contributed by atoms with van der Waals surface area (Å²) in [6, 6.07) is 14.7. The molecule has 2 heterocycles. The van der Waals surface area contributed by atoms with Gasteiger partial charge in [-0.2, -0.15) is 0 Å². The molecule has 1 saturated heterocycles. The van der Waals surface area contributed by atoms with Gasteiger partial charge in [0.05, 0.1) is 24.2 Å². The highest BCUT2D eigenvalue weighted by Gasteiger charge is 2.15. The Labute approximate surface area is 167 Å². The molecule has 0 bridgehead atoms. The first-order valence-electron chi connectivity index (χ1n) is 10.4. The Morgan fingerprint density at radius 1 is 1.04 bits per heavy atom. The van der Waals surface area contributed by atoms with E-state index in [2.05, 4.69) is 52.2 Å². The fraction of sp³-hybridized carbons (Fsp3) is 0.435. The molecule has 0 saturated carbocycles. The van der Waals surface area contributed by atoms with Crippen molar-refractivity contribution in [3.05, 3.63) is 53.9 Å². The zero-order valence-corrected chi connectivity index (χ0v) is 16.9. The van der Waals surface area contributed by atoms with Crippen molar-refractivity contribution in [1.29, 1.82) is 0 Å². The summed E-state index contributed by atoms with van der Waals surface area (Å²) >= 11 is 0. The number of imidazole rings is 1. The lowest BCUT2D eigenvalue weighted by molar-refractivity contribution is 0.214. The lowest BCUT2D eigenvalue weighted by atomic mass is 10.1. The lowest BCUT2D eigenvalue weighted by Gasteiger charge is -2.25. The Kier molecular flexibility index (Phi) is 5.81. The first-order valence-corrected chi connectivity index (χ1v) is 10.4. The molecule has 0 radical (unpaired) electrons. The van der Waals surface area contributed by atoms with Crippen LogP contribution in [0.15, 0.2) is 42.5 Å². The average Bonchev–Trinajstić information content (AvgIpc) is 3.03. The zero-order chi connectivity index (χ0) is 19.3. The van der Waals surface area contributed by atoms with Crippen molar-refractivity contribution < 1.29 is 4.74 Å². The second kappa shape index (κ2) is 8.65. The molecule has 5 nitrogen and oxygen atoms in total. The summed E-state index contributed by atoms with van der Waals surface area (Å²) in [6.45, 7) is 6.81. The van der Waals surface area contributed by atoms with Gasteiger partial charge in [0.15, 0.2) is 0 Å². The second-order valence-corrected chi connectivity index (χ2v) is 7.56. The van der Waals surface area contributed by atoms with E-state index in [1.54, 1.807) is 0 Å². The number of rotatable bonds is 7. The largest absolute Gasteiger partial charge is 0.494 e. The van der Waals surface area contributed by atoms with Crippen LogP contribution < -0.4 is 10.1 Å². The summed E-state index contributed by atoms with van der Waals surface area (Å²) < 4.78 is 7.74. The molecule has 28 heavy (non-hydrogen) atoms. The van der Waals surface area contributed by atoms with Crippen molar-refractivity contribution in [2.24, 2.45) is 7.05 Å². The van der Waals surface area contributed by atoms with E-state index in [4.69, 9.17) is 9.72 Å². The first kappa shape index (κ1) is 18.8. The van der Waals surface area contributed by atoms with Gasteiger partial charge in [0.25, 0.3) is 0 Å². The number of aryl methyl sites for hydroxylation is 1. The molecule has 148 valence electrons. The van der Waals surface area contributed by atoms with Gasteiger partial charge in [-0.1, -0.05) is 18.6 Å². The zero-order valence-electron chi connectivity index (χ0n) is 16.9. The van der Waals surface area contributed by atoms with Gasteiger partial charge in [0.2, 0.25) is 0 Å². The van der Waals surface area contributed by atoms with E-state index in [0.717, 1.165) is 35.9 Å². The Balaban J connectivity index is 1.43. The summed E-state index contributed by atoms with van der Waals surface area (Å²) in [7, 11) is 2.13. The maximum atomic E-state index is 5.51. The minimum atomic E-state index is 0.696. The second-order valence-electron chi connectivity index (χ2n) is 7.56. The molecule has 1 aliphatic rings. The summed E-state index contributed by atoms with van der Waals surface area (Å²) in [5, 5.41) is 3.51. The van der Waals surface area contributed by atoms with E-state index in [1.165, 1.54) is 43.4 Å². The van der Waals surface area contributed by atoms with Crippen molar-refractivity contribution in [3.63, 3.8) is 0 Å². The van der Waals surface area contributed by atoms with E-state index in [0.29, 0.717) is 6.61 Å². The fourth-order valence-corrected chi connectivity index (χ4v) is 3.89. The number of likely N-dealkylation sites (tertiary alicyclic amines) is 1. The monoisotopic (exact) mass is 378 g/mol. The topological polar surface area (TPSA) is 42.3 Å². The Morgan fingerprint density at radius 3 is 2.57 bits per heavy atom. The number of nitrogens with zero attached hydrogens (tertiary/aromatic N) is 3. The van der Waals surface area contributed by atoms with Crippen molar-refractivity contribution in [2.75, 3.05) is 25.0 Å². The Bertz CT molecular complexity index is 910. The van der Waals surface area contributed by atoms with Gasteiger partial charge in [-0.05, 0) is 68.8 Å². The van der Waals surface area contributed by atoms with Crippen LogP contribution in [0.5, 0.6) is 5.75 Å². The molecule has 0 atom stereocenters. The van der Waals surface area contributed by atoms with Gasteiger partial charge in [0.1, 0.15) is 11.6 Å². The van der Waals surface area contributed by atoms with Gasteiger partial charge in [-0.25, -0.2) is 4.98 Å². The molecule has 1 N–H and O–H groups in total. The van der Waals surface area contributed by atoms with Crippen molar-refractivity contribution in [1.82, 2.24) is 14.5 Å². The quantitative estimate of drug-likeness (QED) is 0.654. The molecular weight excluding hydrogens is 348 g/mol. The van der Waals surface area contributed by atoms with E-state index in [9.17, 15) is 0 Å². The number of piperidine rings is 1. The summed E-state index contributed by atoms with van der Waals surface area (Å²) in [5.41, 5.74) is 4.59. The molecule has 0 aliphatic carbocycles. The predicted molar refractivity (Wildman–Crippen MR) is 115 cm³/mol. The highest BCUT2D eigenvalue weighted by Crippen LogP contribution is 2.22. The molecular formula is C23H30N4O. The van der Waals surface area contributed by atoms with E-state index in [-0.39, 0.29) is 0 Å². The number of aromatic nitrogens is 2. The van der Waals surface area contributed by atoms with Gasteiger partial charge < -0.3 is 14.6 Å². The van der Waals surface area contributed by atoms with Gasteiger partial charge >= 0.3 is 0 Å². The van der Waals surface area contributed by atoms with Crippen LogP contribution in [0.2, 0.25) is 0 Å². The van der Waals surface area contributed by atoms with E-state index >= 15 is 0 Å². The summed E-state index contributed by atoms with van der Waals surface area (Å²) in [6.07, 6.45) is 3.98. The minimum Gasteiger partial charge on any atom is -0.494 e. The molecule has 3 aromatic rings. The number of nitrogens with one attached hydrogen (secondary N) is 1. The minimum absolute atomic E-state index is 0.696. The standard InChI is InChI=1S/C23H30N4O/c1-3-28-20-10-7-18(8-11-20)16-24-19-9-12-22-21(15-19)25-23(26(22)2)17-27-13-5-4-6-14-27/h7-12,15,24H,3-6,13-14,16-17H2,1-2H3. The molecule has 0 amide bonds. The first-order chi connectivity index (χ1) is 13.7. The third-order valence-electron chi connectivity index (χ3n) is 5.52. The number of hydrogen-bond acceptors (Lipinski definition) is 4. The molecule has 1 aromatic heterocycles. The van der Waals surface area contributed by atoms with Crippen molar-refractivity contribution in [3.8, 4) is 5.75 Å². The van der Waals surface area contributed by atoms with Crippen LogP contribution >= 0.6 is 0 Å². The predicted octanol–water partition coefficient (Wildman–Crippen LogP) is 4.57. The van der Waals surface area contributed by atoms with Crippen LogP contribution in [0, 0.1) is 0 Å². The molecule has 0 unspecified atom stereocenters. The lowest BCUT2D eigenvalue weighted by Crippen LogP contribution is -2.30. The molecule has 0 spiro atoms.